The molecule has 6 aromatic rings. The molecular formula is C32H25N5O5S. The van der Waals surface area contributed by atoms with Crippen molar-refractivity contribution in [2.24, 2.45) is 0 Å². The molecule has 43 heavy (non-hydrogen) atoms. The van der Waals surface area contributed by atoms with E-state index in [0.29, 0.717) is 40.7 Å². The van der Waals surface area contributed by atoms with Crippen LogP contribution in [0.3, 0.4) is 0 Å². The van der Waals surface area contributed by atoms with Crippen LogP contribution in [0.5, 0.6) is 11.5 Å². The quantitative estimate of drug-likeness (QED) is 0.194. The molecule has 11 heteroatoms. The molecule has 0 radical (unpaired) electrons. The number of nitrogens with one attached hydrogen (secondary N) is 2. The summed E-state index contributed by atoms with van der Waals surface area (Å²) in [5.74, 6) is 0.764. The van der Waals surface area contributed by atoms with Gasteiger partial charge in [-0.3, -0.25) is 0 Å². The van der Waals surface area contributed by atoms with Gasteiger partial charge in [-0.05, 0) is 72.6 Å². The number of carbonyl (C=O) groups excluding carboxylic acids is 2. The molecule has 0 aliphatic carbocycles. The maximum Gasteiger partial charge on any atom is 0.355 e. The minimum atomic E-state index is -0.459. The Morgan fingerprint density at radius 3 is 2.56 bits per heavy atom. The zero-order valence-corrected chi connectivity index (χ0v) is 23.8. The standard InChI is InChI=1S/C32H25N5O5S/c1-2-40-31(38)30-29(20-9-13-27-28(15-20)42-18-41-27)23-16-22(34-32(39)33-21-6-4-3-5-7-21)10-12-26(23)37(30)17-19-8-11-24-25(14-19)36-43-35-24/h3-16H,2,17-18H2,1H3,(H2,33,34,39). The maximum atomic E-state index is 13.7. The van der Waals surface area contributed by atoms with Crippen LogP contribution in [0, 0.1) is 0 Å². The summed E-state index contributed by atoms with van der Waals surface area (Å²) < 4.78 is 27.4. The normalized spacial score (nSPS) is 12.0. The van der Waals surface area contributed by atoms with Gasteiger partial charge in [0.1, 0.15) is 16.7 Å². The first-order chi connectivity index (χ1) is 21.1. The Morgan fingerprint density at radius 2 is 1.70 bits per heavy atom. The summed E-state index contributed by atoms with van der Waals surface area (Å²) >= 11 is 1.16. The SMILES string of the molecule is CCOC(=O)c1c(-c2ccc3c(c2)OCO3)c2cc(NC(=O)Nc3ccccc3)ccc2n1Cc1ccc2nsnc2c1. The molecule has 0 fully saturated rings. The lowest BCUT2D eigenvalue weighted by Crippen LogP contribution is -2.19. The average molecular weight is 592 g/mol. The Hall–Kier alpha value is -5.42. The Morgan fingerprint density at radius 1 is 0.884 bits per heavy atom. The lowest BCUT2D eigenvalue weighted by molar-refractivity contribution is 0.0516. The third kappa shape index (κ3) is 5.10. The first kappa shape index (κ1) is 26.5. The van der Waals surface area contributed by atoms with E-state index in [4.69, 9.17) is 14.2 Å². The highest BCUT2D eigenvalue weighted by Crippen LogP contribution is 2.42. The summed E-state index contributed by atoms with van der Waals surface area (Å²) in [4.78, 5) is 26.5. The number of hydrogen-bond donors (Lipinski definition) is 2. The molecule has 0 unspecified atom stereocenters. The van der Waals surface area contributed by atoms with Crippen LogP contribution in [0.15, 0.2) is 84.9 Å². The van der Waals surface area contributed by atoms with Gasteiger partial charge in [-0.15, -0.1) is 0 Å². The molecule has 1 aliphatic rings. The number of aromatic nitrogens is 3. The molecule has 0 atom stereocenters. The number of hydrogen-bond acceptors (Lipinski definition) is 8. The number of fused-ring (bicyclic) bond motifs is 3. The topological polar surface area (TPSA) is 117 Å². The third-order valence-electron chi connectivity index (χ3n) is 7.14. The number of amides is 2. The summed E-state index contributed by atoms with van der Waals surface area (Å²) in [6, 6.07) is 25.9. The fourth-order valence-corrected chi connectivity index (χ4v) is 5.79. The second kappa shape index (κ2) is 11.1. The molecule has 2 aromatic heterocycles. The van der Waals surface area contributed by atoms with Crippen LogP contribution < -0.4 is 20.1 Å². The van der Waals surface area contributed by atoms with E-state index >= 15 is 0 Å². The number of urea groups is 1. The molecule has 4 aromatic carbocycles. The fraction of sp³-hybridized carbons (Fsp3) is 0.125. The lowest BCUT2D eigenvalue weighted by Gasteiger charge is -2.12. The number of rotatable bonds is 7. The average Bonchev–Trinajstić information content (AvgIpc) is 3.75. The molecule has 10 nitrogen and oxygen atoms in total. The van der Waals surface area contributed by atoms with Crippen LogP contribution in [0.2, 0.25) is 0 Å². The molecule has 2 N–H and O–H groups in total. The Kier molecular flexibility index (Phi) is 6.84. The van der Waals surface area contributed by atoms with Gasteiger partial charge in [0.25, 0.3) is 0 Å². The molecule has 0 saturated carbocycles. The highest BCUT2D eigenvalue weighted by Gasteiger charge is 2.27. The number of nitrogens with zero attached hydrogens (tertiary/aromatic N) is 3. The van der Waals surface area contributed by atoms with Gasteiger partial charge < -0.3 is 29.4 Å². The number of carbonyl (C=O) groups is 2. The molecule has 214 valence electrons. The van der Waals surface area contributed by atoms with E-state index in [1.165, 1.54) is 0 Å². The summed E-state index contributed by atoms with van der Waals surface area (Å²) in [6.07, 6.45) is 0. The van der Waals surface area contributed by atoms with E-state index in [1.54, 1.807) is 6.92 Å². The van der Waals surface area contributed by atoms with Crippen LogP contribution in [0.25, 0.3) is 33.1 Å². The molecule has 3 heterocycles. The predicted octanol–water partition coefficient (Wildman–Crippen LogP) is 6.91. The van der Waals surface area contributed by atoms with E-state index < -0.39 is 5.97 Å². The zero-order valence-electron chi connectivity index (χ0n) is 23.0. The van der Waals surface area contributed by atoms with Crippen LogP contribution in [0.1, 0.15) is 23.0 Å². The van der Waals surface area contributed by atoms with Gasteiger partial charge in [0, 0.05) is 34.4 Å². The summed E-state index contributed by atoms with van der Waals surface area (Å²) in [7, 11) is 0. The largest absolute Gasteiger partial charge is 0.461 e. The Bertz CT molecular complexity index is 2000. The van der Waals surface area contributed by atoms with Crippen molar-refractivity contribution < 1.29 is 23.8 Å². The molecule has 0 saturated heterocycles. The van der Waals surface area contributed by atoms with E-state index in [-0.39, 0.29) is 19.4 Å². The summed E-state index contributed by atoms with van der Waals surface area (Å²) in [5.41, 5.74) is 6.39. The Labute approximate surface area is 250 Å². The molecular weight excluding hydrogens is 566 g/mol. The van der Waals surface area contributed by atoms with Gasteiger partial charge in [-0.2, -0.15) is 8.75 Å². The van der Waals surface area contributed by atoms with Crippen LogP contribution in [-0.2, 0) is 11.3 Å². The van der Waals surface area contributed by atoms with Crippen LogP contribution in [-0.4, -0.2) is 38.7 Å². The second-order valence-electron chi connectivity index (χ2n) is 9.86. The first-order valence-electron chi connectivity index (χ1n) is 13.6. The molecule has 0 bridgehead atoms. The van der Waals surface area contributed by atoms with Gasteiger partial charge in [-0.1, -0.05) is 30.3 Å². The number of para-hydroxylation sites is 1. The highest BCUT2D eigenvalue weighted by atomic mass is 32.1. The molecule has 1 aliphatic heterocycles. The first-order valence-corrected chi connectivity index (χ1v) is 14.4. The van der Waals surface area contributed by atoms with Gasteiger partial charge in [-0.25, -0.2) is 9.59 Å². The smallest absolute Gasteiger partial charge is 0.355 e. The summed E-state index contributed by atoms with van der Waals surface area (Å²) in [5, 5.41) is 6.52. The summed E-state index contributed by atoms with van der Waals surface area (Å²) in [6.45, 7) is 2.50. The fourth-order valence-electron chi connectivity index (χ4n) is 5.28. The van der Waals surface area contributed by atoms with Crippen molar-refractivity contribution in [1.29, 1.82) is 0 Å². The van der Waals surface area contributed by atoms with Crippen molar-refractivity contribution in [2.45, 2.75) is 13.5 Å². The van der Waals surface area contributed by atoms with Crippen LogP contribution in [0.4, 0.5) is 16.2 Å². The number of esters is 1. The number of benzene rings is 4. The number of anilines is 2. The van der Waals surface area contributed by atoms with Gasteiger partial charge >= 0.3 is 12.0 Å². The van der Waals surface area contributed by atoms with Crippen molar-refractivity contribution in [3.8, 4) is 22.6 Å². The number of ether oxygens (including phenoxy) is 3. The van der Waals surface area contributed by atoms with Crippen molar-refractivity contribution in [3.05, 3.63) is 96.2 Å². The Balaban J connectivity index is 1.38. The maximum absolute atomic E-state index is 13.7. The minimum Gasteiger partial charge on any atom is -0.461 e. The monoisotopic (exact) mass is 591 g/mol. The van der Waals surface area contributed by atoms with E-state index in [2.05, 4.69) is 19.4 Å². The predicted molar refractivity (Wildman–Crippen MR) is 165 cm³/mol. The van der Waals surface area contributed by atoms with Gasteiger partial charge in [0.15, 0.2) is 11.5 Å². The third-order valence-corrected chi connectivity index (χ3v) is 7.70. The molecule has 0 spiro atoms. The highest BCUT2D eigenvalue weighted by molar-refractivity contribution is 7.00. The van der Waals surface area contributed by atoms with E-state index in [1.807, 2.05) is 89.5 Å². The van der Waals surface area contributed by atoms with Crippen LogP contribution >= 0.6 is 11.7 Å². The zero-order chi connectivity index (χ0) is 29.3. The van der Waals surface area contributed by atoms with Crippen molar-refractivity contribution in [1.82, 2.24) is 13.3 Å². The van der Waals surface area contributed by atoms with Gasteiger partial charge in [0.2, 0.25) is 6.79 Å². The minimum absolute atomic E-state index is 0.129. The van der Waals surface area contributed by atoms with Crippen molar-refractivity contribution in [3.63, 3.8) is 0 Å². The van der Waals surface area contributed by atoms with E-state index in [0.717, 1.165) is 44.8 Å². The second-order valence-corrected chi connectivity index (χ2v) is 10.4. The van der Waals surface area contributed by atoms with Crippen molar-refractivity contribution in [2.75, 3.05) is 24.0 Å². The molecule has 7 rings (SSSR count). The van der Waals surface area contributed by atoms with Gasteiger partial charge in [0.05, 0.1) is 18.3 Å². The van der Waals surface area contributed by atoms with E-state index in [9.17, 15) is 9.59 Å². The van der Waals surface area contributed by atoms with Crippen molar-refractivity contribution >= 4 is 57.0 Å². The molecule has 2 amide bonds. The lowest BCUT2D eigenvalue weighted by atomic mass is 10.0.